The van der Waals surface area contributed by atoms with E-state index in [4.69, 9.17) is 35.3 Å². The van der Waals surface area contributed by atoms with Crippen LogP contribution in [0.1, 0.15) is 6.92 Å². The monoisotopic (exact) mass is 247 g/mol. The van der Waals surface area contributed by atoms with Crippen LogP contribution >= 0.6 is 35.3 Å². The molecule has 0 rings (SSSR count). The summed E-state index contributed by atoms with van der Waals surface area (Å²) >= 11 is 15.1. The number of hydrogen-bond donors (Lipinski definition) is 1. The Hall–Kier alpha value is -0.720. The minimum atomic E-state index is -1.21. The van der Waals surface area contributed by atoms with Gasteiger partial charge in [-0.2, -0.15) is 4.42 Å². The van der Waals surface area contributed by atoms with Gasteiger partial charge in [-0.05, 0) is 0 Å². The Morgan fingerprint density at radius 3 is 1.92 bits per heavy atom. The minimum Gasteiger partial charge on any atom is -0.273 e. The molecule has 1 N–H and O–H groups in total. The van der Waals surface area contributed by atoms with E-state index in [2.05, 4.69) is 0 Å². The Morgan fingerprint density at radius 2 is 1.62 bits per heavy atom. The molecule has 0 saturated carbocycles. The third-order valence-corrected chi connectivity index (χ3v) is 1.71. The molecule has 9 heteroatoms. The normalized spacial score (nSPS) is 8.92. The number of hydrogen-bond acceptors (Lipinski definition) is 3. The van der Waals surface area contributed by atoms with Crippen LogP contribution in [0.4, 0.5) is 9.59 Å². The number of nitrogens with zero attached hydrogens (tertiary/aromatic N) is 2. The van der Waals surface area contributed by atoms with E-state index < -0.39 is 18.0 Å². The molecule has 0 aliphatic rings. The summed E-state index contributed by atoms with van der Waals surface area (Å²) in [6, 6.07) is -2.32. The van der Waals surface area contributed by atoms with Gasteiger partial charge in [-0.3, -0.25) is 4.79 Å². The number of carbonyl (C=O) groups is 3. The zero-order chi connectivity index (χ0) is 10.6. The smallest absolute Gasteiger partial charge is 0.273 e. The molecule has 0 fully saturated rings. The van der Waals surface area contributed by atoms with E-state index in [0.717, 1.165) is 6.92 Å². The molecule has 0 unspecified atom stereocenters. The van der Waals surface area contributed by atoms with E-state index in [1.807, 2.05) is 0 Å². The molecule has 0 atom stereocenters. The SMILES string of the molecule is CC(=O)N(Cl)C(=O)N(Cl)C(=O)NCl. The number of amides is 5. The minimum absolute atomic E-state index is 0.0292. The molecule has 0 heterocycles. The van der Waals surface area contributed by atoms with Crippen molar-refractivity contribution in [3.8, 4) is 0 Å². The topological polar surface area (TPSA) is 69.7 Å². The summed E-state index contributed by atoms with van der Waals surface area (Å²) < 4.78 is 0.167. The van der Waals surface area contributed by atoms with Gasteiger partial charge < -0.3 is 0 Å². The van der Waals surface area contributed by atoms with Crippen LogP contribution in [0.15, 0.2) is 0 Å². The summed E-state index contributed by atoms with van der Waals surface area (Å²) in [6.07, 6.45) is 0. The van der Waals surface area contributed by atoms with Gasteiger partial charge in [0.05, 0.1) is 0 Å². The first-order valence-corrected chi connectivity index (χ1v) is 3.84. The highest BCUT2D eigenvalue weighted by Gasteiger charge is 2.26. The molecule has 5 amide bonds. The van der Waals surface area contributed by atoms with E-state index >= 15 is 0 Å². The fourth-order valence-corrected chi connectivity index (χ4v) is 0.696. The third-order valence-electron chi connectivity index (χ3n) is 0.871. The second kappa shape index (κ2) is 5.11. The Bertz CT molecular complexity index is 246. The van der Waals surface area contributed by atoms with Crippen LogP contribution in [-0.4, -0.2) is 26.8 Å². The van der Waals surface area contributed by atoms with Gasteiger partial charge in [-0.25, -0.2) is 14.4 Å². The van der Waals surface area contributed by atoms with Crippen molar-refractivity contribution in [2.75, 3.05) is 0 Å². The second-order valence-corrected chi connectivity index (χ2v) is 2.63. The molecule has 0 bridgehead atoms. The summed E-state index contributed by atoms with van der Waals surface area (Å²) in [5, 5.41) is 0. The number of imide groups is 2. The summed E-state index contributed by atoms with van der Waals surface area (Å²) in [4.78, 5) is 33.6. The van der Waals surface area contributed by atoms with Gasteiger partial charge in [0.15, 0.2) is 0 Å². The van der Waals surface area contributed by atoms with Crippen LogP contribution in [0, 0.1) is 0 Å². The van der Waals surface area contributed by atoms with Crippen molar-refractivity contribution >= 4 is 53.3 Å². The van der Waals surface area contributed by atoms with E-state index in [-0.39, 0.29) is 8.84 Å². The van der Waals surface area contributed by atoms with Crippen LogP contribution in [0.2, 0.25) is 0 Å². The van der Waals surface area contributed by atoms with E-state index in [0.29, 0.717) is 0 Å². The van der Waals surface area contributed by atoms with Crippen LogP contribution in [0.25, 0.3) is 0 Å². The van der Waals surface area contributed by atoms with Crippen molar-refractivity contribution in [1.82, 2.24) is 13.7 Å². The van der Waals surface area contributed by atoms with Crippen molar-refractivity contribution in [2.24, 2.45) is 0 Å². The molecule has 74 valence electrons. The van der Waals surface area contributed by atoms with Gasteiger partial charge in [0, 0.05) is 42.3 Å². The third kappa shape index (κ3) is 3.25. The standard InChI is InChI=1S/C4H4Cl3N3O3/c1-2(11)9(6)4(13)10(7)3(12)8-5/h1H3,(H,8,12). The van der Waals surface area contributed by atoms with Crippen molar-refractivity contribution < 1.29 is 14.4 Å². The zero-order valence-electron chi connectivity index (χ0n) is 6.25. The first-order valence-electron chi connectivity index (χ1n) is 2.78. The van der Waals surface area contributed by atoms with Crippen molar-refractivity contribution in [3.05, 3.63) is 0 Å². The molecule has 0 saturated heterocycles. The first-order chi connectivity index (χ1) is 5.91. The number of nitrogens with one attached hydrogen (secondary N) is 1. The van der Waals surface area contributed by atoms with Crippen molar-refractivity contribution in [1.29, 1.82) is 0 Å². The Labute approximate surface area is 88.6 Å². The fraction of sp³-hybridized carbons (Fsp3) is 0.250. The van der Waals surface area contributed by atoms with E-state index in [9.17, 15) is 14.4 Å². The average molecular weight is 248 g/mol. The first kappa shape index (κ1) is 12.3. The van der Waals surface area contributed by atoms with Gasteiger partial charge in [0.25, 0.3) is 0 Å². The maximum Gasteiger partial charge on any atom is 0.365 e. The molecule has 0 aromatic carbocycles. The largest absolute Gasteiger partial charge is 0.365 e. The Balaban J connectivity index is 4.42. The molecule has 0 aromatic rings. The van der Waals surface area contributed by atoms with E-state index in [1.165, 1.54) is 0 Å². The van der Waals surface area contributed by atoms with Gasteiger partial charge in [0.1, 0.15) is 0 Å². The molecule has 0 aliphatic heterocycles. The molecular formula is C4H4Cl3N3O3. The van der Waals surface area contributed by atoms with Crippen molar-refractivity contribution in [2.45, 2.75) is 6.92 Å². The van der Waals surface area contributed by atoms with Gasteiger partial charge >= 0.3 is 12.1 Å². The molecule has 6 nitrogen and oxygen atoms in total. The molecule has 0 aromatic heterocycles. The van der Waals surface area contributed by atoms with Gasteiger partial charge in [-0.15, -0.1) is 4.42 Å². The lowest BCUT2D eigenvalue weighted by Gasteiger charge is -2.14. The molecule has 0 aliphatic carbocycles. The molecule has 0 radical (unpaired) electrons. The highest BCUT2D eigenvalue weighted by molar-refractivity contribution is 6.38. The average Bonchev–Trinajstić information content (AvgIpc) is 2.12. The number of urea groups is 2. The summed E-state index contributed by atoms with van der Waals surface area (Å²) in [5.41, 5.74) is 0. The maximum absolute atomic E-state index is 10.9. The van der Waals surface area contributed by atoms with Crippen LogP contribution in [-0.2, 0) is 4.79 Å². The van der Waals surface area contributed by atoms with Crippen LogP contribution < -0.4 is 4.84 Å². The lowest BCUT2D eigenvalue weighted by molar-refractivity contribution is -0.122. The zero-order valence-corrected chi connectivity index (χ0v) is 8.52. The summed E-state index contributed by atoms with van der Waals surface area (Å²) in [7, 11) is 0. The molecule has 0 spiro atoms. The summed E-state index contributed by atoms with van der Waals surface area (Å²) in [6.45, 7) is 1.02. The highest BCUT2D eigenvalue weighted by atomic mass is 35.5. The van der Waals surface area contributed by atoms with Crippen LogP contribution in [0.5, 0.6) is 0 Å². The lowest BCUT2D eigenvalue weighted by atomic mass is 10.7. The van der Waals surface area contributed by atoms with Gasteiger partial charge in [-0.1, -0.05) is 0 Å². The Morgan fingerprint density at radius 1 is 1.15 bits per heavy atom. The highest BCUT2D eigenvalue weighted by Crippen LogP contribution is 2.06. The predicted molar refractivity (Wildman–Crippen MR) is 45.8 cm³/mol. The maximum atomic E-state index is 10.9. The van der Waals surface area contributed by atoms with Crippen molar-refractivity contribution in [3.63, 3.8) is 0 Å². The van der Waals surface area contributed by atoms with Crippen LogP contribution in [0.3, 0.4) is 0 Å². The lowest BCUT2D eigenvalue weighted by Crippen LogP contribution is -2.41. The van der Waals surface area contributed by atoms with E-state index in [1.54, 1.807) is 4.84 Å². The molecule has 13 heavy (non-hydrogen) atoms. The molecular weight excluding hydrogens is 244 g/mol. The Kier molecular flexibility index (Phi) is 4.82. The summed E-state index contributed by atoms with van der Waals surface area (Å²) in [5.74, 6) is -0.778. The number of carbonyl (C=O) groups excluding carboxylic acids is 3. The fourth-order valence-electron chi connectivity index (χ4n) is 0.336. The predicted octanol–water partition coefficient (Wildman–Crippen LogP) is 1.43. The second-order valence-electron chi connectivity index (χ2n) is 1.76. The van der Waals surface area contributed by atoms with Gasteiger partial charge in [0.2, 0.25) is 5.91 Å². The number of halogens is 3. The number of rotatable bonds is 0. The quantitative estimate of drug-likeness (QED) is 0.659.